The zero-order valence-electron chi connectivity index (χ0n) is 17.9. The summed E-state index contributed by atoms with van der Waals surface area (Å²) in [6, 6.07) is 3.79. The van der Waals surface area contributed by atoms with E-state index in [2.05, 4.69) is 4.90 Å². The smallest absolute Gasteiger partial charge is 0.230 e. The van der Waals surface area contributed by atoms with Gasteiger partial charge in [-0.05, 0) is 45.0 Å². The lowest BCUT2D eigenvalue weighted by atomic mass is 9.76. The van der Waals surface area contributed by atoms with E-state index >= 15 is 0 Å². The van der Waals surface area contributed by atoms with Crippen LogP contribution in [0.3, 0.4) is 0 Å². The average Bonchev–Trinajstić information content (AvgIpc) is 3.48. The van der Waals surface area contributed by atoms with Gasteiger partial charge in [0, 0.05) is 20.1 Å². The molecule has 0 aliphatic carbocycles. The molecule has 30 heavy (non-hydrogen) atoms. The van der Waals surface area contributed by atoms with Gasteiger partial charge in [0.15, 0.2) is 0 Å². The number of nitrogens with zero attached hydrogens (tertiary/aromatic N) is 3. The van der Waals surface area contributed by atoms with Gasteiger partial charge in [-0.2, -0.15) is 0 Å². The fraction of sp³-hybridized carbons (Fsp3) is 0.652. The van der Waals surface area contributed by atoms with Crippen LogP contribution in [0.4, 0.5) is 0 Å². The maximum atomic E-state index is 13.3. The summed E-state index contributed by atoms with van der Waals surface area (Å²) in [6.45, 7) is 6.69. The van der Waals surface area contributed by atoms with Gasteiger partial charge in [0.25, 0.3) is 0 Å². The Morgan fingerprint density at radius 2 is 2.03 bits per heavy atom. The van der Waals surface area contributed by atoms with Crippen molar-refractivity contribution in [1.82, 2.24) is 14.7 Å². The highest BCUT2D eigenvalue weighted by atomic mass is 16.5. The van der Waals surface area contributed by atoms with Crippen LogP contribution in [0, 0.1) is 18.8 Å². The molecule has 7 nitrogen and oxygen atoms in total. The zero-order valence-corrected chi connectivity index (χ0v) is 17.9. The molecule has 3 saturated heterocycles. The summed E-state index contributed by atoms with van der Waals surface area (Å²) in [5, 5.41) is 0. The molecule has 1 aromatic heterocycles. The normalized spacial score (nSPS) is 32.8. The van der Waals surface area contributed by atoms with Crippen LogP contribution in [0.2, 0.25) is 0 Å². The number of carbonyl (C=O) groups is 2. The standard InChI is InChI=1S/C23H31N3O4/c1-16-6-7-17(29-16)14-24(2)21(27)19-18-8-9-23(30-18)15-26(22(28)20(19)23)13-12-25-10-4-3-5-11-25/h6-9,18-20H,3-5,10-15H2,1-2H3/t18-,19+,20-,23-/m0/s1. The van der Waals surface area contributed by atoms with E-state index in [-0.39, 0.29) is 17.9 Å². The first-order chi connectivity index (χ1) is 14.5. The Bertz CT molecular complexity index is 858. The van der Waals surface area contributed by atoms with Crippen molar-refractivity contribution >= 4 is 11.8 Å². The minimum absolute atomic E-state index is 0.0449. The van der Waals surface area contributed by atoms with E-state index in [0.29, 0.717) is 19.6 Å². The number of amides is 2. The second kappa shape index (κ2) is 7.54. The summed E-state index contributed by atoms with van der Waals surface area (Å²) < 4.78 is 11.9. The van der Waals surface area contributed by atoms with Gasteiger partial charge >= 0.3 is 0 Å². The molecule has 2 amide bonds. The Labute approximate surface area is 177 Å². The van der Waals surface area contributed by atoms with E-state index in [1.807, 2.05) is 36.1 Å². The minimum atomic E-state index is -0.633. The van der Waals surface area contributed by atoms with Gasteiger partial charge < -0.3 is 23.9 Å². The van der Waals surface area contributed by atoms with Crippen molar-refractivity contribution < 1.29 is 18.7 Å². The van der Waals surface area contributed by atoms with Gasteiger partial charge in [-0.25, -0.2) is 0 Å². The monoisotopic (exact) mass is 413 g/mol. The van der Waals surface area contributed by atoms with Crippen LogP contribution in [-0.4, -0.2) is 78.0 Å². The second-order valence-electron chi connectivity index (χ2n) is 9.27. The summed E-state index contributed by atoms with van der Waals surface area (Å²) >= 11 is 0. The molecule has 0 radical (unpaired) electrons. The number of rotatable bonds is 6. The van der Waals surface area contributed by atoms with Gasteiger partial charge in [-0.15, -0.1) is 0 Å². The predicted molar refractivity (Wildman–Crippen MR) is 111 cm³/mol. The molecule has 162 valence electrons. The van der Waals surface area contributed by atoms with E-state index in [1.165, 1.54) is 19.3 Å². The van der Waals surface area contributed by atoms with Crippen molar-refractivity contribution in [3.05, 3.63) is 35.8 Å². The Balaban J connectivity index is 1.27. The molecule has 4 atom stereocenters. The fourth-order valence-corrected chi connectivity index (χ4v) is 5.63. The third kappa shape index (κ3) is 3.28. The number of hydrogen-bond acceptors (Lipinski definition) is 5. The average molecular weight is 414 g/mol. The Kier molecular flexibility index (Phi) is 4.98. The summed E-state index contributed by atoms with van der Waals surface area (Å²) in [4.78, 5) is 32.7. The molecule has 2 bridgehead atoms. The number of ether oxygens (including phenoxy) is 1. The molecule has 3 fully saturated rings. The first-order valence-corrected chi connectivity index (χ1v) is 11.2. The highest BCUT2D eigenvalue weighted by Crippen LogP contribution is 2.52. The van der Waals surface area contributed by atoms with Crippen LogP contribution in [0.1, 0.15) is 30.8 Å². The number of hydrogen-bond donors (Lipinski definition) is 0. The summed E-state index contributed by atoms with van der Waals surface area (Å²) in [6.07, 6.45) is 7.49. The summed E-state index contributed by atoms with van der Waals surface area (Å²) in [5.74, 6) is 0.728. The van der Waals surface area contributed by atoms with E-state index < -0.39 is 17.4 Å². The molecule has 4 aliphatic heterocycles. The van der Waals surface area contributed by atoms with Crippen LogP contribution < -0.4 is 0 Å². The Morgan fingerprint density at radius 3 is 2.77 bits per heavy atom. The number of furan rings is 1. The number of likely N-dealkylation sites (tertiary alicyclic amines) is 2. The summed E-state index contributed by atoms with van der Waals surface area (Å²) in [5.41, 5.74) is -0.633. The van der Waals surface area contributed by atoms with Gasteiger partial charge in [0.1, 0.15) is 17.1 Å². The SMILES string of the molecule is Cc1ccc(CN(C)C(=O)[C@@H]2[C@@H]3C=C[C@@]4(CN(CCN5CCCCC5)C(=O)[C@H]24)O3)o1. The van der Waals surface area contributed by atoms with E-state index in [4.69, 9.17) is 9.15 Å². The number of fused-ring (bicyclic) bond motifs is 1. The van der Waals surface area contributed by atoms with Gasteiger partial charge in [-0.3, -0.25) is 9.59 Å². The van der Waals surface area contributed by atoms with Crippen molar-refractivity contribution in [2.75, 3.05) is 39.8 Å². The minimum Gasteiger partial charge on any atom is -0.464 e. The van der Waals surface area contributed by atoms with Crippen LogP contribution in [0.25, 0.3) is 0 Å². The predicted octanol–water partition coefficient (Wildman–Crippen LogP) is 1.81. The van der Waals surface area contributed by atoms with Gasteiger partial charge in [0.05, 0.1) is 31.0 Å². The van der Waals surface area contributed by atoms with Crippen LogP contribution in [-0.2, 0) is 20.9 Å². The first-order valence-electron chi connectivity index (χ1n) is 11.2. The second-order valence-corrected chi connectivity index (χ2v) is 9.27. The van der Waals surface area contributed by atoms with Crippen LogP contribution >= 0.6 is 0 Å². The van der Waals surface area contributed by atoms with Crippen LogP contribution in [0.5, 0.6) is 0 Å². The maximum Gasteiger partial charge on any atom is 0.230 e. The number of aryl methyl sites for hydroxylation is 1. The molecule has 1 spiro atoms. The zero-order chi connectivity index (χ0) is 20.9. The molecule has 1 aromatic rings. The lowest BCUT2D eigenvalue weighted by Crippen LogP contribution is -2.45. The molecule has 0 aromatic carbocycles. The van der Waals surface area contributed by atoms with Crippen molar-refractivity contribution in [2.24, 2.45) is 11.8 Å². The first kappa shape index (κ1) is 19.8. The lowest BCUT2D eigenvalue weighted by Gasteiger charge is -2.29. The van der Waals surface area contributed by atoms with Gasteiger partial charge in [-0.1, -0.05) is 18.6 Å². The number of carbonyl (C=O) groups excluding carboxylic acids is 2. The molecular formula is C23H31N3O4. The van der Waals surface area contributed by atoms with Crippen molar-refractivity contribution in [3.63, 3.8) is 0 Å². The molecular weight excluding hydrogens is 382 g/mol. The quantitative estimate of drug-likeness (QED) is 0.666. The largest absolute Gasteiger partial charge is 0.464 e. The maximum absolute atomic E-state index is 13.3. The Morgan fingerprint density at radius 1 is 1.23 bits per heavy atom. The highest BCUT2D eigenvalue weighted by Gasteiger charge is 2.67. The molecule has 7 heteroatoms. The van der Waals surface area contributed by atoms with Crippen molar-refractivity contribution in [2.45, 2.75) is 44.4 Å². The Hall–Kier alpha value is -2.12. The third-order valence-corrected chi connectivity index (χ3v) is 7.16. The third-order valence-electron chi connectivity index (χ3n) is 7.16. The van der Waals surface area contributed by atoms with Crippen molar-refractivity contribution in [3.8, 4) is 0 Å². The van der Waals surface area contributed by atoms with Crippen molar-refractivity contribution in [1.29, 1.82) is 0 Å². The van der Waals surface area contributed by atoms with E-state index in [9.17, 15) is 9.59 Å². The fourth-order valence-electron chi connectivity index (χ4n) is 5.63. The van der Waals surface area contributed by atoms with Gasteiger partial charge in [0.2, 0.25) is 11.8 Å². The molecule has 5 heterocycles. The number of piperidine rings is 1. The summed E-state index contributed by atoms with van der Waals surface area (Å²) in [7, 11) is 1.77. The van der Waals surface area contributed by atoms with E-state index in [1.54, 1.807) is 11.9 Å². The molecule has 5 rings (SSSR count). The van der Waals surface area contributed by atoms with Crippen LogP contribution in [0.15, 0.2) is 28.7 Å². The molecule has 0 N–H and O–H groups in total. The topological polar surface area (TPSA) is 66.2 Å². The van der Waals surface area contributed by atoms with E-state index in [0.717, 1.165) is 31.2 Å². The lowest BCUT2D eigenvalue weighted by molar-refractivity contribution is -0.142. The molecule has 4 aliphatic rings. The highest BCUT2D eigenvalue weighted by molar-refractivity contribution is 5.93. The molecule has 0 saturated carbocycles. The molecule has 0 unspecified atom stereocenters.